The second kappa shape index (κ2) is 8.86. The molecular formula is C27H23FO5. The second-order valence-corrected chi connectivity index (χ2v) is 8.22. The number of esters is 1. The largest absolute Gasteiger partial charge is 0.457 e. The summed E-state index contributed by atoms with van der Waals surface area (Å²) in [6.07, 6.45) is 6.05. The van der Waals surface area contributed by atoms with E-state index in [0.29, 0.717) is 24.3 Å². The molecule has 1 atom stereocenters. The number of rotatable bonds is 4. The highest BCUT2D eigenvalue weighted by Gasteiger charge is 2.32. The predicted molar refractivity (Wildman–Crippen MR) is 121 cm³/mol. The van der Waals surface area contributed by atoms with Crippen molar-refractivity contribution >= 4 is 16.7 Å². The number of carbonyl (C=O) groups is 1. The van der Waals surface area contributed by atoms with Crippen molar-refractivity contribution in [3.63, 3.8) is 0 Å². The highest BCUT2D eigenvalue weighted by Crippen LogP contribution is 2.39. The fourth-order valence-electron chi connectivity index (χ4n) is 4.45. The molecule has 3 aromatic carbocycles. The third kappa shape index (κ3) is 4.18. The van der Waals surface area contributed by atoms with Crippen LogP contribution in [0.15, 0.2) is 48.5 Å². The molecule has 2 heterocycles. The fourth-order valence-corrected chi connectivity index (χ4v) is 4.45. The first kappa shape index (κ1) is 21.4. The Morgan fingerprint density at radius 3 is 2.73 bits per heavy atom. The molecule has 3 aromatic rings. The highest BCUT2D eigenvalue weighted by molar-refractivity contribution is 6.07. The SMILES string of the molecule is COC1(CC#COc2ccc3c(-c4ccc(F)cc4)c4c(cc3c2)C(=O)OC4)CCCCO1. The number of halogens is 1. The number of benzene rings is 3. The van der Waals surface area contributed by atoms with Crippen molar-refractivity contribution in [1.29, 1.82) is 0 Å². The van der Waals surface area contributed by atoms with E-state index in [4.69, 9.17) is 18.9 Å². The van der Waals surface area contributed by atoms with Crippen LogP contribution in [0.1, 0.15) is 41.6 Å². The molecule has 1 saturated heterocycles. The smallest absolute Gasteiger partial charge is 0.338 e. The molecule has 0 amide bonds. The molecule has 0 bridgehead atoms. The molecule has 6 heteroatoms. The van der Waals surface area contributed by atoms with Crippen LogP contribution in [0.2, 0.25) is 0 Å². The second-order valence-electron chi connectivity index (χ2n) is 8.22. The van der Waals surface area contributed by atoms with Gasteiger partial charge in [-0.1, -0.05) is 18.1 Å². The summed E-state index contributed by atoms with van der Waals surface area (Å²) in [4.78, 5) is 12.3. The quantitative estimate of drug-likeness (QED) is 0.386. The lowest BCUT2D eigenvalue weighted by molar-refractivity contribution is -0.238. The third-order valence-corrected chi connectivity index (χ3v) is 6.21. The number of hydrogen-bond acceptors (Lipinski definition) is 5. The van der Waals surface area contributed by atoms with Crippen molar-refractivity contribution in [3.8, 4) is 28.9 Å². The summed E-state index contributed by atoms with van der Waals surface area (Å²) in [6, 6.07) is 13.6. The Kier molecular flexibility index (Phi) is 5.76. The zero-order chi connectivity index (χ0) is 22.8. The molecule has 0 N–H and O–H groups in total. The highest BCUT2D eigenvalue weighted by atomic mass is 19.1. The van der Waals surface area contributed by atoms with Gasteiger partial charge in [0.25, 0.3) is 0 Å². The summed E-state index contributed by atoms with van der Waals surface area (Å²) in [5.41, 5.74) is 3.01. The van der Waals surface area contributed by atoms with Gasteiger partial charge in [0.05, 0.1) is 18.6 Å². The number of fused-ring (bicyclic) bond motifs is 2. The van der Waals surface area contributed by atoms with Gasteiger partial charge in [0, 0.05) is 19.1 Å². The number of ether oxygens (including phenoxy) is 4. The maximum atomic E-state index is 13.5. The topological polar surface area (TPSA) is 54.0 Å². The van der Waals surface area contributed by atoms with Crippen molar-refractivity contribution < 1.29 is 28.1 Å². The van der Waals surface area contributed by atoms with Crippen LogP contribution in [0.25, 0.3) is 21.9 Å². The van der Waals surface area contributed by atoms with E-state index in [9.17, 15) is 9.18 Å². The van der Waals surface area contributed by atoms with Crippen molar-refractivity contribution in [3.05, 3.63) is 65.5 Å². The Balaban J connectivity index is 1.46. The van der Waals surface area contributed by atoms with Crippen LogP contribution in [-0.4, -0.2) is 25.5 Å². The van der Waals surface area contributed by atoms with E-state index in [2.05, 4.69) is 12.0 Å². The molecule has 0 spiro atoms. The molecule has 0 aliphatic carbocycles. The van der Waals surface area contributed by atoms with Crippen LogP contribution in [0.5, 0.6) is 5.75 Å². The monoisotopic (exact) mass is 446 g/mol. The molecule has 1 unspecified atom stereocenters. The standard InChI is InChI=1S/C27H23FO5/c1-30-27(11-2-3-14-33-27)12-4-13-31-21-9-10-22-19(15-21)16-23-24(17-32-26(23)29)25(22)18-5-7-20(28)8-6-18/h5-10,15-16H,2-3,11-12,14,17H2,1H3. The van der Waals surface area contributed by atoms with Crippen LogP contribution >= 0.6 is 0 Å². The van der Waals surface area contributed by atoms with Crippen LogP contribution in [0, 0.1) is 17.8 Å². The first-order chi connectivity index (χ1) is 16.1. The molecule has 168 valence electrons. The Morgan fingerprint density at radius 2 is 1.97 bits per heavy atom. The fraction of sp³-hybridized carbons (Fsp3) is 0.296. The maximum Gasteiger partial charge on any atom is 0.338 e. The van der Waals surface area contributed by atoms with Gasteiger partial charge in [-0.15, -0.1) is 0 Å². The Hall–Kier alpha value is -3.40. The van der Waals surface area contributed by atoms with E-state index in [1.165, 1.54) is 12.1 Å². The van der Waals surface area contributed by atoms with Crippen molar-refractivity contribution in [2.45, 2.75) is 38.1 Å². The zero-order valence-electron chi connectivity index (χ0n) is 18.3. The molecule has 2 aliphatic heterocycles. The molecule has 0 radical (unpaired) electrons. The zero-order valence-corrected chi connectivity index (χ0v) is 18.3. The lowest BCUT2D eigenvalue weighted by atomic mass is 9.90. The molecule has 1 fully saturated rings. The Morgan fingerprint density at radius 1 is 1.12 bits per heavy atom. The van der Waals surface area contributed by atoms with E-state index in [0.717, 1.165) is 46.7 Å². The number of methoxy groups -OCH3 is 1. The molecule has 33 heavy (non-hydrogen) atoms. The predicted octanol–water partition coefficient (Wildman–Crippen LogP) is 5.59. The molecular weight excluding hydrogens is 423 g/mol. The minimum Gasteiger partial charge on any atom is -0.457 e. The van der Waals surface area contributed by atoms with E-state index >= 15 is 0 Å². The molecule has 5 nitrogen and oxygen atoms in total. The molecule has 2 aliphatic rings. The number of cyclic esters (lactones) is 1. The third-order valence-electron chi connectivity index (χ3n) is 6.21. The summed E-state index contributed by atoms with van der Waals surface area (Å²) >= 11 is 0. The van der Waals surface area contributed by atoms with E-state index in [-0.39, 0.29) is 18.4 Å². The summed E-state index contributed by atoms with van der Waals surface area (Å²) < 4.78 is 35.8. The van der Waals surface area contributed by atoms with Gasteiger partial charge in [-0.2, -0.15) is 0 Å². The van der Waals surface area contributed by atoms with E-state index < -0.39 is 5.79 Å². The van der Waals surface area contributed by atoms with Crippen LogP contribution < -0.4 is 4.74 Å². The van der Waals surface area contributed by atoms with Crippen molar-refractivity contribution in [2.75, 3.05) is 13.7 Å². The van der Waals surface area contributed by atoms with Gasteiger partial charge < -0.3 is 18.9 Å². The normalized spacial score (nSPS) is 19.5. The molecule has 5 rings (SSSR count). The summed E-state index contributed by atoms with van der Waals surface area (Å²) in [6.45, 7) is 0.869. The van der Waals surface area contributed by atoms with E-state index in [1.807, 2.05) is 24.3 Å². The van der Waals surface area contributed by atoms with Gasteiger partial charge in [-0.25, -0.2) is 9.18 Å². The summed E-state index contributed by atoms with van der Waals surface area (Å²) in [7, 11) is 1.64. The van der Waals surface area contributed by atoms with Gasteiger partial charge in [0.1, 0.15) is 24.3 Å². The number of carbonyl (C=O) groups excluding carboxylic acids is 1. The van der Waals surface area contributed by atoms with Crippen LogP contribution in [-0.2, 0) is 20.8 Å². The van der Waals surface area contributed by atoms with Crippen LogP contribution in [0.3, 0.4) is 0 Å². The first-order valence-corrected chi connectivity index (χ1v) is 11.0. The lowest BCUT2D eigenvalue weighted by Gasteiger charge is -2.34. The van der Waals surface area contributed by atoms with Gasteiger partial charge >= 0.3 is 5.97 Å². The minimum atomic E-state index is -0.664. The first-order valence-electron chi connectivity index (χ1n) is 11.0. The number of hydrogen-bond donors (Lipinski definition) is 0. The maximum absolute atomic E-state index is 13.5. The molecule has 0 aromatic heterocycles. The van der Waals surface area contributed by atoms with E-state index in [1.54, 1.807) is 19.2 Å². The van der Waals surface area contributed by atoms with Gasteiger partial charge in [-0.05, 0) is 71.1 Å². The average Bonchev–Trinajstić information content (AvgIpc) is 3.21. The Bertz CT molecular complexity index is 1260. The lowest BCUT2D eigenvalue weighted by Crippen LogP contribution is -2.37. The van der Waals surface area contributed by atoms with Gasteiger partial charge in [0.15, 0.2) is 5.79 Å². The van der Waals surface area contributed by atoms with Crippen molar-refractivity contribution in [1.82, 2.24) is 0 Å². The minimum absolute atomic E-state index is 0.198. The Labute approximate surface area is 191 Å². The summed E-state index contributed by atoms with van der Waals surface area (Å²) in [5.74, 6) is 2.22. The summed E-state index contributed by atoms with van der Waals surface area (Å²) in [5, 5.41) is 1.74. The van der Waals surface area contributed by atoms with Crippen LogP contribution in [0.4, 0.5) is 4.39 Å². The van der Waals surface area contributed by atoms with Gasteiger partial charge in [-0.3, -0.25) is 0 Å². The van der Waals surface area contributed by atoms with Gasteiger partial charge in [0.2, 0.25) is 0 Å². The van der Waals surface area contributed by atoms with Crippen molar-refractivity contribution in [2.24, 2.45) is 0 Å². The average molecular weight is 446 g/mol. The molecule has 0 saturated carbocycles.